The van der Waals surface area contributed by atoms with Crippen molar-refractivity contribution in [3.63, 3.8) is 0 Å². The quantitative estimate of drug-likeness (QED) is 0.702. The van der Waals surface area contributed by atoms with E-state index in [4.69, 9.17) is 11.6 Å². The molecular weight excluding hydrogens is 227 g/mol. The largest absolute Gasteiger partial charge is 0.351 e. The number of piperidine rings is 1. The lowest BCUT2D eigenvalue weighted by Gasteiger charge is -2.37. The molecule has 0 spiro atoms. The van der Waals surface area contributed by atoms with Crippen LogP contribution in [0.15, 0.2) is 18.3 Å². The second-order valence-corrected chi connectivity index (χ2v) is 5.31. The Morgan fingerprint density at radius 3 is 2.50 bits per heavy atom. The van der Waals surface area contributed by atoms with Gasteiger partial charge < -0.3 is 4.90 Å². The molecule has 0 aromatic carbocycles. The zero-order chi connectivity index (χ0) is 11.1. The van der Waals surface area contributed by atoms with Crippen LogP contribution in [0.1, 0.15) is 25.7 Å². The zero-order valence-electron chi connectivity index (χ0n) is 8.94. The first kappa shape index (κ1) is 10.3. The van der Waals surface area contributed by atoms with Gasteiger partial charge >= 0.3 is 0 Å². The SMILES string of the molecule is Fc1ccc(N2C3CCC2CC(Cl)C3)nc1. The molecular formula is C12H14ClFN2. The number of alkyl halides is 1. The molecule has 2 aliphatic rings. The van der Waals surface area contributed by atoms with Gasteiger partial charge in [-0.25, -0.2) is 9.37 Å². The van der Waals surface area contributed by atoms with E-state index in [9.17, 15) is 4.39 Å². The highest BCUT2D eigenvalue weighted by Crippen LogP contribution is 2.40. The number of anilines is 1. The van der Waals surface area contributed by atoms with Crippen LogP contribution < -0.4 is 4.90 Å². The first-order valence-electron chi connectivity index (χ1n) is 5.78. The van der Waals surface area contributed by atoms with Gasteiger partial charge in [0.2, 0.25) is 0 Å². The molecule has 2 atom stereocenters. The van der Waals surface area contributed by atoms with Crippen LogP contribution in [-0.2, 0) is 0 Å². The molecule has 86 valence electrons. The lowest BCUT2D eigenvalue weighted by molar-refractivity contribution is 0.470. The molecule has 4 heteroatoms. The number of hydrogen-bond acceptors (Lipinski definition) is 2. The molecule has 3 heterocycles. The van der Waals surface area contributed by atoms with Crippen molar-refractivity contribution in [3.8, 4) is 0 Å². The van der Waals surface area contributed by atoms with Crippen molar-refractivity contribution in [2.24, 2.45) is 0 Å². The number of nitrogens with zero attached hydrogens (tertiary/aromatic N) is 2. The fourth-order valence-corrected chi connectivity index (χ4v) is 3.42. The Balaban J connectivity index is 1.88. The van der Waals surface area contributed by atoms with E-state index in [0.717, 1.165) is 18.7 Å². The van der Waals surface area contributed by atoms with E-state index in [1.165, 1.54) is 25.1 Å². The fraction of sp³-hybridized carbons (Fsp3) is 0.583. The third-order valence-electron chi connectivity index (χ3n) is 3.65. The molecule has 2 unspecified atom stereocenters. The van der Waals surface area contributed by atoms with E-state index in [1.807, 2.05) is 0 Å². The van der Waals surface area contributed by atoms with Crippen LogP contribution in [0.3, 0.4) is 0 Å². The third-order valence-corrected chi connectivity index (χ3v) is 4.01. The summed E-state index contributed by atoms with van der Waals surface area (Å²) in [6.07, 6.45) is 5.72. The van der Waals surface area contributed by atoms with Gasteiger partial charge in [-0.1, -0.05) is 0 Å². The molecule has 0 radical (unpaired) electrons. The van der Waals surface area contributed by atoms with Crippen molar-refractivity contribution < 1.29 is 4.39 Å². The maximum absolute atomic E-state index is 12.8. The van der Waals surface area contributed by atoms with Crippen LogP contribution in [0.2, 0.25) is 0 Å². The summed E-state index contributed by atoms with van der Waals surface area (Å²) in [5, 5.41) is 0.300. The summed E-state index contributed by atoms with van der Waals surface area (Å²) >= 11 is 6.22. The van der Waals surface area contributed by atoms with Gasteiger partial charge in [0.05, 0.1) is 6.20 Å². The van der Waals surface area contributed by atoms with Gasteiger partial charge in [0.15, 0.2) is 0 Å². The average Bonchev–Trinajstić information content (AvgIpc) is 2.54. The number of pyridine rings is 1. The molecule has 0 saturated carbocycles. The van der Waals surface area contributed by atoms with E-state index < -0.39 is 0 Å². The summed E-state index contributed by atoms with van der Waals surface area (Å²) in [5.41, 5.74) is 0. The van der Waals surface area contributed by atoms with Crippen molar-refractivity contribution in [1.82, 2.24) is 4.98 Å². The number of fused-ring (bicyclic) bond motifs is 2. The van der Waals surface area contributed by atoms with Crippen molar-refractivity contribution >= 4 is 17.4 Å². The lowest BCUT2D eigenvalue weighted by Crippen LogP contribution is -2.43. The van der Waals surface area contributed by atoms with E-state index in [-0.39, 0.29) is 5.82 Å². The van der Waals surface area contributed by atoms with E-state index in [2.05, 4.69) is 9.88 Å². The second kappa shape index (κ2) is 3.88. The van der Waals surface area contributed by atoms with Crippen molar-refractivity contribution in [2.45, 2.75) is 43.1 Å². The minimum atomic E-state index is -0.275. The predicted molar refractivity (Wildman–Crippen MR) is 62.4 cm³/mol. The maximum Gasteiger partial charge on any atom is 0.141 e. The van der Waals surface area contributed by atoms with Gasteiger partial charge in [-0.2, -0.15) is 0 Å². The standard InChI is InChI=1S/C12H14ClFN2/c13-8-5-10-2-3-11(6-8)16(10)12-4-1-9(14)7-15-12/h1,4,7-8,10-11H,2-3,5-6H2. The number of aromatic nitrogens is 1. The van der Waals surface area contributed by atoms with E-state index >= 15 is 0 Å². The highest BCUT2D eigenvalue weighted by Gasteiger charge is 2.40. The molecule has 0 amide bonds. The van der Waals surface area contributed by atoms with Gasteiger partial charge in [-0.3, -0.25) is 0 Å². The molecule has 3 rings (SSSR count). The Morgan fingerprint density at radius 1 is 1.25 bits per heavy atom. The first-order valence-corrected chi connectivity index (χ1v) is 6.21. The Hall–Kier alpha value is -0.830. The molecule has 16 heavy (non-hydrogen) atoms. The van der Waals surface area contributed by atoms with Crippen LogP contribution in [0.4, 0.5) is 10.2 Å². The second-order valence-electron chi connectivity index (χ2n) is 4.70. The third kappa shape index (κ3) is 1.67. The fourth-order valence-electron chi connectivity index (χ4n) is 3.01. The van der Waals surface area contributed by atoms with Crippen LogP contribution in [0.25, 0.3) is 0 Å². The Morgan fingerprint density at radius 2 is 1.94 bits per heavy atom. The summed E-state index contributed by atoms with van der Waals surface area (Å²) in [6.45, 7) is 0. The summed E-state index contributed by atoms with van der Waals surface area (Å²) in [7, 11) is 0. The minimum absolute atomic E-state index is 0.275. The van der Waals surface area contributed by atoms with Crippen LogP contribution >= 0.6 is 11.6 Å². The predicted octanol–water partition coefficient (Wildman–Crippen LogP) is 2.96. The number of hydrogen-bond donors (Lipinski definition) is 0. The Kier molecular flexibility index (Phi) is 2.51. The summed E-state index contributed by atoms with van der Waals surface area (Å²) < 4.78 is 12.8. The van der Waals surface area contributed by atoms with Crippen molar-refractivity contribution in [1.29, 1.82) is 0 Å². The van der Waals surface area contributed by atoms with Crippen LogP contribution in [0.5, 0.6) is 0 Å². The van der Waals surface area contributed by atoms with E-state index in [1.54, 1.807) is 6.07 Å². The Bertz CT molecular complexity index is 367. The smallest absolute Gasteiger partial charge is 0.141 e. The molecule has 0 N–H and O–H groups in total. The summed E-state index contributed by atoms with van der Waals surface area (Å²) in [5.74, 6) is 0.626. The minimum Gasteiger partial charge on any atom is -0.351 e. The normalized spacial score (nSPS) is 33.1. The molecule has 1 aromatic rings. The molecule has 0 aliphatic carbocycles. The number of halogens is 2. The topological polar surface area (TPSA) is 16.1 Å². The molecule has 2 nitrogen and oxygen atoms in total. The van der Waals surface area contributed by atoms with Crippen molar-refractivity contribution in [3.05, 3.63) is 24.1 Å². The maximum atomic E-state index is 12.8. The lowest BCUT2D eigenvalue weighted by atomic mass is 10.0. The van der Waals surface area contributed by atoms with Crippen molar-refractivity contribution in [2.75, 3.05) is 4.90 Å². The highest BCUT2D eigenvalue weighted by atomic mass is 35.5. The average molecular weight is 241 g/mol. The highest BCUT2D eigenvalue weighted by molar-refractivity contribution is 6.20. The van der Waals surface area contributed by atoms with Gasteiger partial charge in [0.1, 0.15) is 11.6 Å². The van der Waals surface area contributed by atoms with Gasteiger partial charge in [-0.05, 0) is 37.8 Å². The van der Waals surface area contributed by atoms with Gasteiger partial charge in [-0.15, -0.1) is 11.6 Å². The molecule has 1 aromatic heterocycles. The number of rotatable bonds is 1. The summed E-state index contributed by atoms with van der Waals surface area (Å²) in [6, 6.07) is 4.25. The molecule has 2 aliphatic heterocycles. The first-order chi connectivity index (χ1) is 7.74. The monoisotopic (exact) mass is 240 g/mol. The van der Waals surface area contributed by atoms with Crippen LogP contribution in [0, 0.1) is 5.82 Å². The van der Waals surface area contributed by atoms with Gasteiger partial charge in [0.25, 0.3) is 0 Å². The molecule has 2 bridgehead atoms. The zero-order valence-corrected chi connectivity index (χ0v) is 9.70. The summed E-state index contributed by atoms with van der Waals surface area (Å²) in [4.78, 5) is 6.51. The molecule has 2 saturated heterocycles. The van der Waals surface area contributed by atoms with Gasteiger partial charge in [0, 0.05) is 17.5 Å². The molecule has 2 fully saturated rings. The Labute approximate surface area is 99.4 Å². The van der Waals surface area contributed by atoms with Crippen LogP contribution in [-0.4, -0.2) is 22.4 Å². The van der Waals surface area contributed by atoms with E-state index in [0.29, 0.717) is 17.5 Å².